The Morgan fingerprint density at radius 3 is 2.19 bits per heavy atom. The quantitative estimate of drug-likeness (QED) is 0.701. The first-order valence-corrected chi connectivity index (χ1v) is 6.20. The van der Waals surface area contributed by atoms with Gasteiger partial charge < -0.3 is 9.64 Å². The van der Waals surface area contributed by atoms with Crippen LogP contribution in [0.3, 0.4) is 0 Å². The largest absolute Gasteiger partial charge is 0.372 e. The fourth-order valence-corrected chi connectivity index (χ4v) is 1.84. The van der Waals surface area contributed by atoms with Gasteiger partial charge in [-0.2, -0.15) is 0 Å². The predicted molar refractivity (Wildman–Crippen MR) is 68.6 cm³/mol. The maximum Gasteiger partial charge on any atom is 0.0951 e. The van der Waals surface area contributed by atoms with Gasteiger partial charge in [0.25, 0.3) is 0 Å². The van der Waals surface area contributed by atoms with Gasteiger partial charge in [0.05, 0.1) is 6.10 Å². The molecule has 0 fully saturated rings. The van der Waals surface area contributed by atoms with Crippen LogP contribution in [-0.2, 0) is 4.74 Å². The highest BCUT2D eigenvalue weighted by Gasteiger charge is 2.13. The molecule has 1 atom stereocenters. The molecule has 90 valence electrons. The maximum atomic E-state index is 5.82. The van der Waals surface area contributed by atoms with E-state index in [9.17, 15) is 0 Å². The SMILES string of the molecule is CCOC(CN(CC)CC)c1ccccc1. The molecule has 0 spiro atoms. The highest BCUT2D eigenvalue weighted by Crippen LogP contribution is 2.18. The molecule has 0 saturated heterocycles. The second kappa shape index (κ2) is 7.42. The zero-order chi connectivity index (χ0) is 11.8. The minimum absolute atomic E-state index is 0.200. The molecule has 2 heteroatoms. The van der Waals surface area contributed by atoms with Crippen LogP contribution in [0.2, 0.25) is 0 Å². The first-order valence-electron chi connectivity index (χ1n) is 6.20. The van der Waals surface area contributed by atoms with Crippen molar-refractivity contribution in [2.45, 2.75) is 26.9 Å². The van der Waals surface area contributed by atoms with Gasteiger partial charge in [0, 0.05) is 13.2 Å². The van der Waals surface area contributed by atoms with Crippen molar-refractivity contribution in [3.63, 3.8) is 0 Å². The standard InChI is InChI=1S/C14H23NO/c1-4-15(5-2)12-14(16-6-3)13-10-8-7-9-11-13/h7-11,14H,4-6,12H2,1-3H3. The Balaban J connectivity index is 2.67. The lowest BCUT2D eigenvalue weighted by atomic mass is 10.1. The second-order valence-electron chi connectivity index (χ2n) is 3.84. The zero-order valence-corrected chi connectivity index (χ0v) is 10.6. The van der Waals surface area contributed by atoms with Crippen LogP contribution in [0.5, 0.6) is 0 Å². The fraction of sp³-hybridized carbons (Fsp3) is 0.571. The normalized spacial score (nSPS) is 13.0. The third kappa shape index (κ3) is 3.95. The van der Waals surface area contributed by atoms with Crippen molar-refractivity contribution in [3.8, 4) is 0 Å². The van der Waals surface area contributed by atoms with Crippen LogP contribution in [0.1, 0.15) is 32.4 Å². The van der Waals surface area contributed by atoms with Gasteiger partial charge in [-0.3, -0.25) is 0 Å². The van der Waals surface area contributed by atoms with Gasteiger partial charge in [0.1, 0.15) is 0 Å². The van der Waals surface area contributed by atoms with E-state index in [1.807, 2.05) is 6.07 Å². The molecule has 0 heterocycles. The van der Waals surface area contributed by atoms with Gasteiger partial charge in [-0.1, -0.05) is 44.2 Å². The molecule has 0 N–H and O–H groups in total. The number of ether oxygens (including phenoxy) is 1. The van der Waals surface area contributed by atoms with Crippen LogP contribution < -0.4 is 0 Å². The lowest BCUT2D eigenvalue weighted by molar-refractivity contribution is 0.0348. The molecule has 0 radical (unpaired) electrons. The molecular weight excluding hydrogens is 198 g/mol. The summed E-state index contributed by atoms with van der Waals surface area (Å²) in [7, 11) is 0. The zero-order valence-electron chi connectivity index (χ0n) is 10.6. The summed E-state index contributed by atoms with van der Waals surface area (Å²) in [4.78, 5) is 2.40. The van der Waals surface area contributed by atoms with Crippen molar-refractivity contribution in [1.29, 1.82) is 0 Å². The molecule has 0 bridgehead atoms. The molecule has 0 aromatic heterocycles. The average Bonchev–Trinajstić information content (AvgIpc) is 2.35. The van der Waals surface area contributed by atoms with Gasteiger partial charge >= 0.3 is 0 Å². The highest BCUT2D eigenvalue weighted by molar-refractivity contribution is 5.17. The highest BCUT2D eigenvalue weighted by atomic mass is 16.5. The van der Waals surface area contributed by atoms with Crippen molar-refractivity contribution in [2.75, 3.05) is 26.2 Å². The van der Waals surface area contributed by atoms with Crippen LogP contribution in [0, 0.1) is 0 Å². The van der Waals surface area contributed by atoms with Crippen molar-refractivity contribution < 1.29 is 4.74 Å². The van der Waals surface area contributed by atoms with E-state index in [1.54, 1.807) is 0 Å². The van der Waals surface area contributed by atoms with Crippen LogP contribution in [0.4, 0.5) is 0 Å². The first-order chi connectivity index (χ1) is 7.81. The van der Waals surface area contributed by atoms with Crippen LogP contribution >= 0.6 is 0 Å². The Bertz CT molecular complexity index is 269. The van der Waals surface area contributed by atoms with E-state index < -0.39 is 0 Å². The molecule has 0 aliphatic heterocycles. The van der Waals surface area contributed by atoms with E-state index in [1.165, 1.54) is 5.56 Å². The molecule has 1 aromatic carbocycles. The van der Waals surface area contributed by atoms with E-state index in [4.69, 9.17) is 4.74 Å². The molecule has 1 aromatic rings. The van der Waals surface area contributed by atoms with Gasteiger partial charge in [-0.15, -0.1) is 0 Å². The van der Waals surface area contributed by atoms with Crippen LogP contribution in [0.15, 0.2) is 30.3 Å². The number of likely N-dealkylation sites (N-methyl/N-ethyl adjacent to an activating group) is 1. The predicted octanol–water partition coefficient (Wildman–Crippen LogP) is 3.11. The van der Waals surface area contributed by atoms with E-state index in [-0.39, 0.29) is 6.10 Å². The summed E-state index contributed by atoms with van der Waals surface area (Å²) in [6, 6.07) is 10.5. The molecule has 0 saturated carbocycles. The van der Waals surface area contributed by atoms with Gasteiger partial charge in [-0.25, -0.2) is 0 Å². The number of hydrogen-bond donors (Lipinski definition) is 0. The molecule has 0 aliphatic rings. The molecule has 16 heavy (non-hydrogen) atoms. The van der Waals surface area contributed by atoms with Crippen LogP contribution in [-0.4, -0.2) is 31.1 Å². The van der Waals surface area contributed by atoms with Gasteiger partial charge in [-0.05, 0) is 25.6 Å². The third-order valence-corrected chi connectivity index (χ3v) is 2.86. The average molecular weight is 221 g/mol. The molecule has 0 amide bonds. The fourth-order valence-electron chi connectivity index (χ4n) is 1.84. The number of rotatable bonds is 7. The summed E-state index contributed by atoms with van der Waals surface area (Å²) < 4.78 is 5.82. The van der Waals surface area contributed by atoms with Crippen molar-refractivity contribution >= 4 is 0 Å². The Morgan fingerprint density at radius 1 is 1.06 bits per heavy atom. The summed E-state index contributed by atoms with van der Waals surface area (Å²) in [5.41, 5.74) is 1.27. The van der Waals surface area contributed by atoms with E-state index in [0.29, 0.717) is 0 Å². The number of benzene rings is 1. The summed E-state index contributed by atoms with van der Waals surface area (Å²) in [6.07, 6.45) is 0.200. The summed E-state index contributed by atoms with van der Waals surface area (Å²) in [6.45, 7) is 10.3. The number of nitrogens with zero attached hydrogens (tertiary/aromatic N) is 1. The molecule has 2 nitrogen and oxygen atoms in total. The van der Waals surface area contributed by atoms with Gasteiger partial charge in [0.15, 0.2) is 0 Å². The Labute approximate surface area is 99.2 Å². The van der Waals surface area contributed by atoms with E-state index in [0.717, 1.165) is 26.2 Å². The Hall–Kier alpha value is -0.860. The molecule has 0 aliphatic carbocycles. The van der Waals surface area contributed by atoms with Crippen LogP contribution in [0.25, 0.3) is 0 Å². The van der Waals surface area contributed by atoms with E-state index >= 15 is 0 Å². The third-order valence-electron chi connectivity index (χ3n) is 2.86. The lowest BCUT2D eigenvalue weighted by Crippen LogP contribution is -2.29. The summed E-state index contributed by atoms with van der Waals surface area (Å²) >= 11 is 0. The van der Waals surface area contributed by atoms with Crippen molar-refractivity contribution in [1.82, 2.24) is 4.90 Å². The number of hydrogen-bond acceptors (Lipinski definition) is 2. The molecular formula is C14H23NO. The monoisotopic (exact) mass is 221 g/mol. The van der Waals surface area contributed by atoms with Crippen molar-refractivity contribution in [3.05, 3.63) is 35.9 Å². The van der Waals surface area contributed by atoms with Crippen molar-refractivity contribution in [2.24, 2.45) is 0 Å². The summed E-state index contributed by atoms with van der Waals surface area (Å²) in [5.74, 6) is 0. The maximum absolute atomic E-state index is 5.82. The minimum atomic E-state index is 0.200. The molecule has 1 unspecified atom stereocenters. The molecule has 1 rings (SSSR count). The second-order valence-corrected chi connectivity index (χ2v) is 3.84. The Morgan fingerprint density at radius 2 is 1.69 bits per heavy atom. The minimum Gasteiger partial charge on any atom is -0.372 e. The smallest absolute Gasteiger partial charge is 0.0951 e. The summed E-state index contributed by atoms with van der Waals surface area (Å²) in [5, 5.41) is 0. The topological polar surface area (TPSA) is 12.5 Å². The Kier molecular flexibility index (Phi) is 6.12. The first kappa shape index (κ1) is 13.2. The lowest BCUT2D eigenvalue weighted by Gasteiger charge is -2.25. The van der Waals surface area contributed by atoms with Gasteiger partial charge in [0.2, 0.25) is 0 Å². The van der Waals surface area contributed by atoms with E-state index in [2.05, 4.69) is 49.9 Å².